The Balaban J connectivity index is 2.83. The number of rotatable bonds is 6. The summed E-state index contributed by atoms with van der Waals surface area (Å²) < 4.78 is 4.86. The van der Waals surface area contributed by atoms with Crippen molar-refractivity contribution < 1.29 is 14.6 Å². The van der Waals surface area contributed by atoms with Crippen LogP contribution in [0.5, 0.6) is 0 Å². The third-order valence-electron chi connectivity index (χ3n) is 2.98. The number of hydrogen-bond acceptors (Lipinski definition) is 4. The molecule has 1 aromatic rings. The molecule has 0 aliphatic rings. The molecular weight excluding hydrogens is 244 g/mol. The van der Waals surface area contributed by atoms with E-state index >= 15 is 0 Å². The van der Waals surface area contributed by atoms with Crippen molar-refractivity contribution in [1.82, 2.24) is 5.32 Å². The van der Waals surface area contributed by atoms with E-state index in [0.29, 0.717) is 12.1 Å². The maximum absolute atomic E-state index is 11.0. The van der Waals surface area contributed by atoms with Crippen LogP contribution in [0.15, 0.2) is 12.1 Å². The molecule has 0 aliphatic heterocycles. The van der Waals surface area contributed by atoms with Crippen LogP contribution in [0.4, 0.5) is 0 Å². The number of carboxylic acid groups (broad SMARTS) is 1. The number of nitrogens with one attached hydrogen (secondary N) is 1. The van der Waals surface area contributed by atoms with Gasteiger partial charge >= 0.3 is 5.97 Å². The van der Waals surface area contributed by atoms with Crippen LogP contribution in [0.3, 0.4) is 0 Å². The van der Waals surface area contributed by atoms with Crippen molar-refractivity contribution in [2.45, 2.75) is 26.4 Å². The Morgan fingerprint density at radius 1 is 1.47 bits per heavy atom. The van der Waals surface area contributed by atoms with E-state index in [2.05, 4.69) is 11.4 Å². The van der Waals surface area contributed by atoms with Gasteiger partial charge in [0.2, 0.25) is 0 Å². The number of carboxylic acids is 1. The van der Waals surface area contributed by atoms with E-state index in [1.165, 1.54) is 7.11 Å². The van der Waals surface area contributed by atoms with Gasteiger partial charge < -0.3 is 9.84 Å². The largest absolute Gasteiger partial charge is 0.480 e. The number of ether oxygens (including phenoxy) is 1. The zero-order valence-electron chi connectivity index (χ0n) is 11.4. The van der Waals surface area contributed by atoms with Crippen molar-refractivity contribution in [2.24, 2.45) is 0 Å². The Kier molecular flexibility index (Phi) is 5.49. The molecule has 0 aromatic heterocycles. The Hall–Kier alpha value is -1.90. The van der Waals surface area contributed by atoms with Gasteiger partial charge in [-0.1, -0.05) is 0 Å². The number of hydrogen-bond donors (Lipinski definition) is 2. The molecule has 0 bridgehead atoms. The van der Waals surface area contributed by atoms with Crippen molar-refractivity contribution in [2.75, 3.05) is 13.7 Å². The minimum atomic E-state index is -0.939. The average molecular weight is 262 g/mol. The van der Waals surface area contributed by atoms with Crippen LogP contribution >= 0.6 is 0 Å². The molecule has 2 N–H and O–H groups in total. The number of aliphatic carboxylic acids is 1. The van der Waals surface area contributed by atoms with Gasteiger partial charge in [0.25, 0.3) is 0 Å². The molecule has 5 heteroatoms. The van der Waals surface area contributed by atoms with Gasteiger partial charge in [-0.05, 0) is 42.7 Å². The normalized spacial score (nSPS) is 11.9. The van der Waals surface area contributed by atoms with Crippen molar-refractivity contribution in [3.63, 3.8) is 0 Å². The lowest BCUT2D eigenvalue weighted by Crippen LogP contribution is -2.40. The first-order valence-corrected chi connectivity index (χ1v) is 5.95. The topological polar surface area (TPSA) is 82.3 Å². The maximum atomic E-state index is 11.0. The van der Waals surface area contributed by atoms with Gasteiger partial charge in [0, 0.05) is 13.7 Å². The molecule has 1 aromatic carbocycles. The second kappa shape index (κ2) is 6.88. The molecule has 0 saturated heterocycles. The molecule has 0 fully saturated rings. The smallest absolute Gasteiger partial charge is 0.323 e. The molecule has 0 saturated carbocycles. The van der Waals surface area contributed by atoms with E-state index in [9.17, 15) is 4.79 Å². The summed E-state index contributed by atoms with van der Waals surface area (Å²) in [5.41, 5.74) is 3.59. The first-order valence-electron chi connectivity index (χ1n) is 5.95. The van der Waals surface area contributed by atoms with Crippen molar-refractivity contribution in [1.29, 1.82) is 5.26 Å². The van der Waals surface area contributed by atoms with Crippen LogP contribution < -0.4 is 5.32 Å². The minimum Gasteiger partial charge on any atom is -0.480 e. The molecule has 1 atom stereocenters. The first-order chi connectivity index (χ1) is 8.99. The Labute approximate surface area is 112 Å². The third kappa shape index (κ3) is 4.05. The highest BCUT2D eigenvalue weighted by Crippen LogP contribution is 2.16. The van der Waals surface area contributed by atoms with E-state index < -0.39 is 12.0 Å². The lowest BCUT2D eigenvalue weighted by molar-refractivity contribution is -0.140. The molecule has 1 rings (SSSR count). The summed E-state index contributed by atoms with van der Waals surface area (Å²) in [7, 11) is 1.47. The number of nitriles is 1. The summed E-state index contributed by atoms with van der Waals surface area (Å²) >= 11 is 0. The molecule has 5 nitrogen and oxygen atoms in total. The van der Waals surface area contributed by atoms with Gasteiger partial charge in [-0.3, -0.25) is 10.1 Å². The Morgan fingerprint density at radius 2 is 2.05 bits per heavy atom. The molecule has 1 unspecified atom stereocenters. The number of nitrogens with zero attached hydrogens (tertiary/aromatic N) is 1. The van der Waals surface area contributed by atoms with Gasteiger partial charge in [-0.2, -0.15) is 5.26 Å². The van der Waals surface area contributed by atoms with E-state index in [1.54, 1.807) is 12.1 Å². The minimum absolute atomic E-state index is 0.115. The first kappa shape index (κ1) is 15.2. The monoisotopic (exact) mass is 262 g/mol. The van der Waals surface area contributed by atoms with Gasteiger partial charge in [0.15, 0.2) is 0 Å². The molecule has 19 heavy (non-hydrogen) atoms. The van der Waals surface area contributed by atoms with Gasteiger partial charge in [-0.25, -0.2) is 0 Å². The SMILES string of the molecule is COCC(NCc1c(C)cc(C#N)cc1C)C(=O)O. The Bertz CT molecular complexity index is 483. The van der Waals surface area contributed by atoms with Crippen LogP contribution in [0, 0.1) is 25.2 Å². The fourth-order valence-corrected chi connectivity index (χ4v) is 1.95. The zero-order valence-corrected chi connectivity index (χ0v) is 11.4. The fraction of sp³-hybridized carbons (Fsp3) is 0.429. The molecular formula is C14H18N2O3. The van der Waals surface area contributed by atoms with Crippen LogP contribution in [-0.4, -0.2) is 30.8 Å². The van der Waals surface area contributed by atoms with Gasteiger partial charge in [0.05, 0.1) is 18.2 Å². The van der Waals surface area contributed by atoms with Crippen LogP contribution in [0.1, 0.15) is 22.3 Å². The van der Waals surface area contributed by atoms with Crippen LogP contribution in [0.25, 0.3) is 0 Å². The number of aryl methyl sites for hydroxylation is 2. The molecule has 0 heterocycles. The van der Waals surface area contributed by atoms with E-state index in [4.69, 9.17) is 15.1 Å². The Morgan fingerprint density at radius 3 is 2.47 bits per heavy atom. The average Bonchev–Trinajstić information content (AvgIpc) is 2.35. The predicted molar refractivity (Wildman–Crippen MR) is 70.8 cm³/mol. The van der Waals surface area contributed by atoms with E-state index in [0.717, 1.165) is 16.7 Å². The quantitative estimate of drug-likeness (QED) is 0.809. The predicted octanol–water partition coefficient (Wildman–Crippen LogP) is 1.36. The molecule has 0 spiro atoms. The summed E-state index contributed by atoms with van der Waals surface area (Å²) in [4.78, 5) is 11.0. The van der Waals surface area contributed by atoms with Gasteiger partial charge in [-0.15, -0.1) is 0 Å². The molecule has 0 aliphatic carbocycles. The van der Waals surface area contributed by atoms with Crippen LogP contribution in [-0.2, 0) is 16.1 Å². The third-order valence-corrected chi connectivity index (χ3v) is 2.98. The van der Waals surface area contributed by atoms with Crippen molar-refractivity contribution >= 4 is 5.97 Å². The maximum Gasteiger partial charge on any atom is 0.323 e. The molecule has 0 radical (unpaired) electrons. The number of benzene rings is 1. The van der Waals surface area contributed by atoms with Crippen LogP contribution in [0.2, 0.25) is 0 Å². The lowest BCUT2D eigenvalue weighted by Gasteiger charge is -2.16. The second-order valence-electron chi connectivity index (χ2n) is 4.43. The van der Waals surface area contributed by atoms with Crippen molar-refractivity contribution in [3.05, 3.63) is 34.4 Å². The summed E-state index contributed by atoms with van der Waals surface area (Å²) in [5, 5.41) is 20.8. The summed E-state index contributed by atoms with van der Waals surface area (Å²) in [6.07, 6.45) is 0. The zero-order chi connectivity index (χ0) is 14.4. The summed E-state index contributed by atoms with van der Waals surface area (Å²) in [6, 6.07) is 4.97. The molecule has 0 amide bonds. The standard InChI is InChI=1S/C14H18N2O3/c1-9-4-11(6-15)5-10(2)12(9)7-16-13(8-19-3)14(17)18/h4-5,13,16H,7-8H2,1-3H3,(H,17,18). The highest BCUT2D eigenvalue weighted by molar-refractivity contribution is 5.73. The highest BCUT2D eigenvalue weighted by Gasteiger charge is 2.17. The van der Waals surface area contributed by atoms with E-state index in [-0.39, 0.29) is 6.61 Å². The highest BCUT2D eigenvalue weighted by atomic mass is 16.5. The van der Waals surface area contributed by atoms with E-state index in [1.807, 2.05) is 13.8 Å². The van der Waals surface area contributed by atoms with Gasteiger partial charge in [0.1, 0.15) is 6.04 Å². The fourth-order valence-electron chi connectivity index (χ4n) is 1.95. The summed E-state index contributed by atoms with van der Waals surface area (Å²) in [6.45, 7) is 4.38. The number of methoxy groups -OCH3 is 1. The molecule has 102 valence electrons. The summed E-state index contributed by atoms with van der Waals surface area (Å²) in [5.74, 6) is -0.939. The number of carbonyl (C=O) groups is 1. The van der Waals surface area contributed by atoms with Crippen molar-refractivity contribution in [3.8, 4) is 6.07 Å². The second-order valence-corrected chi connectivity index (χ2v) is 4.43. The lowest BCUT2D eigenvalue weighted by atomic mass is 9.99.